The summed E-state index contributed by atoms with van der Waals surface area (Å²) in [6.45, 7) is 0.187. The van der Waals surface area contributed by atoms with Gasteiger partial charge >= 0.3 is 0 Å². The second-order valence-corrected chi connectivity index (χ2v) is 2.46. The molecule has 11 heavy (non-hydrogen) atoms. The van der Waals surface area contributed by atoms with Crippen LogP contribution in [0.5, 0.6) is 0 Å². The van der Waals surface area contributed by atoms with Gasteiger partial charge in [-0.3, -0.25) is 0 Å². The molecule has 0 radical (unpaired) electrons. The van der Waals surface area contributed by atoms with Crippen molar-refractivity contribution in [1.82, 2.24) is 5.32 Å². The molecule has 0 aliphatic carbocycles. The van der Waals surface area contributed by atoms with Crippen LogP contribution in [-0.4, -0.2) is 24.8 Å². The second kappa shape index (κ2) is 4.08. The van der Waals surface area contributed by atoms with E-state index in [-0.39, 0.29) is 12.6 Å². The minimum atomic E-state index is 0.178. The highest BCUT2D eigenvalue weighted by Gasteiger charge is 2.09. The molecule has 0 bridgehead atoms. The Morgan fingerprint density at radius 3 is 3.09 bits per heavy atom. The molecule has 1 aliphatic rings. The maximum atomic E-state index is 8.60. The molecule has 0 saturated carbocycles. The molecule has 62 valence electrons. The van der Waals surface area contributed by atoms with Gasteiger partial charge in [0.05, 0.1) is 6.04 Å². The first-order chi connectivity index (χ1) is 5.36. The predicted octanol–water partition coefficient (Wildman–Crippen LogP) is 0.654. The molecule has 0 fully saturated rings. The Labute approximate surface area is 66.0 Å². The molecule has 0 amide bonds. The summed E-state index contributed by atoms with van der Waals surface area (Å²) in [6.07, 6.45) is 3.57. The van der Waals surface area contributed by atoms with Gasteiger partial charge in [-0.05, 0) is 18.9 Å². The molecule has 0 aromatic carbocycles. The third kappa shape index (κ3) is 2.31. The molecule has 1 aliphatic heterocycles. The van der Waals surface area contributed by atoms with Crippen molar-refractivity contribution in [3.05, 3.63) is 11.9 Å². The Balaban J connectivity index is 2.37. The number of hydrogen-bond acceptors (Lipinski definition) is 4. The fourth-order valence-corrected chi connectivity index (χ4v) is 0.956. The van der Waals surface area contributed by atoms with Gasteiger partial charge < -0.3 is 10.4 Å². The minimum absolute atomic E-state index is 0.178. The molecular formula is C7H13N3O. The van der Waals surface area contributed by atoms with Crippen molar-refractivity contribution in [2.24, 2.45) is 10.2 Å². The lowest BCUT2D eigenvalue weighted by molar-refractivity contribution is 0.273. The average Bonchev–Trinajstić information content (AvgIpc) is 2.07. The van der Waals surface area contributed by atoms with Gasteiger partial charge in [0, 0.05) is 13.7 Å². The maximum Gasteiger partial charge on any atom is 0.143 e. The molecule has 0 aromatic heterocycles. The first-order valence-corrected chi connectivity index (χ1v) is 3.76. The van der Waals surface area contributed by atoms with Gasteiger partial charge in [0.15, 0.2) is 0 Å². The van der Waals surface area contributed by atoms with Crippen molar-refractivity contribution >= 4 is 0 Å². The molecule has 1 heterocycles. The maximum absolute atomic E-state index is 8.60. The van der Waals surface area contributed by atoms with Gasteiger partial charge in [-0.1, -0.05) is 0 Å². The van der Waals surface area contributed by atoms with Crippen LogP contribution in [0.2, 0.25) is 0 Å². The van der Waals surface area contributed by atoms with E-state index < -0.39 is 0 Å². The van der Waals surface area contributed by atoms with Crippen LogP contribution in [0.3, 0.4) is 0 Å². The van der Waals surface area contributed by atoms with Crippen LogP contribution in [0.1, 0.15) is 12.8 Å². The molecule has 0 aromatic rings. The SMILES string of the molecule is CNC1=CCC(CCO)N=N1. The highest BCUT2D eigenvalue weighted by Crippen LogP contribution is 2.12. The summed E-state index contributed by atoms with van der Waals surface area (Å²) in [5, 5.41) is 19.4. The van der Waals surface area contributed by atoms with E-state index in [9.17, 15) is 0 Å². The van der Waals surface area contributed by atoms with Gasteiger partial charge in [0.1, 0.15) is 5.82 Å². The number of rotatable bonds is 3. The molecule has 4 nitrogen and oxygen atoms in total. The topological polar surface area (TPSA) is 57.0 Å². The first-order valence-electron chi connectivity index (χ1n) is 3.76. The van der Waals surface area contributed by atoms with E-state index in [2.05, 4.69) is 15.5 Å². The van der Waals surface area contributed by atoms with Crippen molar-refractivity contribution < 1.29 is 5.11 Å². The van der Waals surface area contributed by atoms with Crippen molar-refractivity contribution in [2.45, 2.75) is 18.9 Å². The third-order valence-corrected chi connectivity index (χ3v) is 1.63. The third-order valence-electron chi connectivity index (χ3n) is 1.63. The summed E-state index contributed by atoms with van der Waals surface area (Å²) in [6, 6.07) is 0.178. The van der Waals surface area contributed by atoms with Crippen LogP contribution < -0.4 is 5.32 Å². The Bertz CT molecular complexity index is 177. The second-order valence-electron chi connectivity index (χ2n) is 2.46. The van der Waals surface area contributed by atoms with E-state index in [1.54, 1.807) is 0 Å². The number of nitrogens with zero attached hydrogens (tertiary/aromatic N) is 2. The van der Waals surface area contributed by atoms with E-state index >= 15 is 0 Å². The number of azo groups is 1. The number of aliphatic hydroxyl groups is 1. The van der Waals surface area contributed by atoms with Crippen molar-refractivity contribution in [3.63, 3.8) is 0 Å². The predicted molar refractivity (Wildman–Crippen MR) is 42.1 cm³/mol. The van der Waals surface area contributed by atoms with Gasteiger partial charge in [0.25, 0.3) is 0 Å². The van der Waals surface area contributed by atoms with E-state index in [1.165, 1.54) is 0 Å². The molecule has 1 atom stereocenters. The molecule has 4 heteroatoms. The molecule has 1 unspecified atom stereocenters. The summed E-state index contributed by atoms with van der Waals surface area (Å²) in [5.74, 6) is 0.819. The number of aliphatic hydroxyl groups excluding tert-OH is 1. The van der Waals surface area contributed by atoms with Crippen LogP contribution in [0, 0.1) is 0 Å². The van der Waals surface area contributed by atoms with E-state index in [0.717, 1.165) is 12.2 Å². The molecular weight excluding hydrogens is 142 g/mol. The van der Waals surface area contributed by atoms with E-state index in [1.807, 2.05) is 13.1 Å². The minimum Gasteiger partial charge on any atom is -0.396 e. The van der Waals surface area contributed by atoms with Gasteiger partial charge in [0.2, 0.25) is 0 Å². The van der Waals surface area contributed by atoms with E-state index in [4.69, 9.17) is 5.11 Å². The van der Waals surface area contributed by atoms with Gasteiger partial charge in [-0.25, -0.2) is 0 Å². The van der Waals surface area contributed by atoms with E-state index in [0.29, 0.717) is 6.42 Å². The zero-order chi connectivity index (χ0) is 8.10. The molecule has 2 N–H and O–H groups in total. The Hall–Kier alpha value is -0.900. The molecule has 0 saturated heterocycles. The summed E-state index contributed by atoms with van der Waals surface area (Å²) >= 11 is 0. The quantitative estimate of drug-likeness (QED) is 0.628. The van der Waals surface area contributed by atoms with Crippen molar-refractivity contribution in [1.29, 1.82) is 0 Å². The highest BCUT2D eigenvalue weighted by molar-refractivity contribution is 5.00. The zero-order valence-electron chi connectivity index (χ0n) is 6.62. The average molecular weight is 155 g/mol. The summed E-state index contributed by atoms with van der Waals surface area (Å²) in [7, 11) is 1.82. The smallest absolute Gasteiger partial charge is 0.143 e. The van der Waals surface area contributed by atoms with Gasteiger partial charge in [-0.15, -0.1) is 5.11 Å². The summed E-state index contributed by atoms with van der Waals surface area (Å²) in [5.41, 5.74) is 0. The summed E-state index contributed by atoms with van der Waals surface area (Å²) < 4.78 is 0. The van der Waals surface area contributed by atoms with Crippen LogP contribution in [0.25, 0.3) is 0 Å². The highest BCUT2D eigenvalue weighted by atomic mass is 16.3. The van der Waals surface area contributed by atoms with Crippen LogP contribution in [0.15, 0.2) is 22.1 Å². The Morgan fingerprint density at radius 2 is 2.64 bits per heavy atom. The fraction of sp³-hybridized carbons (Fsp3) is 0.714. The number of nitrogens with one attached hydrogen (secondary N) is 1. The first kappa shape index (κ1) is 8.20. The Kier molecular flexibility index (Phi) is 3.04. The lowest BCUT2D eigenvalue weighted by Crippen LogP contribution is -2.12. The van der Waals surface area contributed by atoms with Crippen molar-refractivity contribution in [2.75, 3.05) is 13.7 Å². The number of hydrogen-bond donors (Lipinski definition) is 2. The van der Waals surface area contributed by atoms with Crippen molar-refractivity contribution in [3.8, 4) is 0 Å². The van der Waals surface area contributed by atoms with Crippen LogP contribution in [0.4, 0.5) is 0 Å². The fourth-order valence-electron chi connectivity index (χ4n) is 0.956. The zero-order valence-corrected chi connectivity index (χ0v) is 6.62. The monoisotopic (exact) mass is 155 g/mol. The standard InChI is InChI=1S/C7H13N3O/c1-8-7-3-2-6(4-5-11)9-10-7/h3,6,8,11H,2,4-5H2,1H3. The lowest BCUT2D eigenvalue weighted by atomic mass is 10.1. The normalized spacial score (nSPS) is 23.1. The molecule has 0 spiro atoms. The molecule has 1 rings (SSSR count). The Morgan fingerprint density at radius 1 is 1.82 bits per heavy atom. The summed E-state index contributed by atoms with van der Waals surface area (Å²) in [4.78, 5) is 0. The largest absolute Gasteiger partial charge is 0.396 e. The lowest BCUT2D eigenvalue weighted by Gasteiger charge is -2.11. The van der Waals surface area contributed by atoms with Crippen LogP contribution >= 0.6 is 0 Å². The van der Waals surface area contributed by atoms with Gasteiger partial charge in [-0.2, -0.15) is 5.11 Å². The van der Waals surface area contributed by atoms with Crippen LogP contribution in [-0.2, 0) is 0 Å².